The maximum absolute atomic E-state index is 14.2. The van der Waals surface area contributed by atoms with Crippen LogP contribution in [0.25, 0.3) is 11.3 Å². The van der Waals surface area contributed by atoms with E-state index in [1.807, 2.05) is 0 Å². The fourth-order valence-electron chi connectivity index (χ4n) is 2.83. The van der Waals surface area contributed by atoms with Gasteiger partial charge in [-0.25, -0.2) is 4.39 Å². The largest absolute Gasteiger partial charge is 0.360 e. The zero-order valence-corrected chi connectivity index (χ0v) is 13.7. The Hall–Kier alpha value is -1.92. The highest BCUT2D eigenvalue weighted by Gasteiger charge is 2.31. The van der Waals surface area contributed by atoms with Gasteiger partial charge in [0.05, 0.1) is 10.6 Å². The normalized spacial score (nSPS) is 17.5. The van der Waals surface area contributed by atoms with Crippen molar-refractivity contribution in [3.63, 3.8) is 0 Å². The molecule has 1 unspecified atom stereocenters. The maximum Gasteiger partial charge on any atom is 0.259 e. The number of halogens is 2. The van der Waals surface area contributed by atoms with Gasteiger partial charge >= 0.3 is 0 Å². The second kappa shape index (κ2) is 6.29. The molecule has 1 atom stereocenters. The first-order valence-electron chi connectivity index (χ1n) is 7.39. The van der Waals surface area contributed by atoms with E-state index in [2.05, 4.69) is 10.5 Å². The number of nitrogens with zero attached hydrogens (tertiary/aromatic N) is 2. The molecular weight excluding hydrogens is 321 g/mol. The molecule has 7 heteroatoms. The van der Waals surface area contributed by atoms with Crippen LogP contribution in [0.1, 0.15) is 22.5 Å². The Kier molecular flexibility index (Phi) is 4.37. The highest BCUT2D eigenvalue weighted by atomic mass is 35.5. The van der Waals surface area contributed by atoms with Crippen LogP contribution in [0.5, 0.6) is 0 Å². The lowest BCUT2D eigenvalue weighted by Gasteiger charge is -2.23. The summed E-state index contributed by atoms with van der Waals surface area (Å²) in [6.07, 6.45) is 0.877. The zero-order valence-electron chi connectivity index (χ0n) is 12.9. The molecular formula is C16H17ClFN3O2. The van der Waals surface area contributed by atoms with E-state index in [-0.39, 0.29) is 33.8 Å². The molecule has 1 saturated heterocycles. The monoisotopic (exact) mass is 337 g/mol. The molecule has 0 radical (unpaired) electrons. The van der Waals surface area contributed by atoms with Crippen LogP contribution in [-0.4, -0.2) is 42.1 Å². The number of hydrogen-bond acceptors (Lipinski definition) is 4. The minimum absolute atomic E-state index is 0.0901. The van der Waals surface area contributed by atoms with Crippen molar-refractivity contribution in [2.45, 2.75) is 19.4 Å². The van der Waals surface area contributed by atoms with Crippen LogP contribution in [0.2, 0.25) is 5.02 Å². The molecule has 2 aromatic rings. The number of hydrogen-bond donors (Lipinski definition) is 1. The molecule has 0 saturated carbocycles. The van der Waals surface area contributed by atoms with Crippen molar-refractivity contribution in [1.29, 1.82) is 0 Å². The van der Waals surface area contributed by atoms with Gasteiger partial charge in [-0.2, -0.15) is 0 Å². The molecule has 1 N–H and O–H groups in total. The summed E-state index contributed by atoms with van der Waals surface area (Å²) in [5.41, 5.74) is 0.493. The molecule has 1 aromatic carbocycles. The summed E-state index contributed by atoms with van der Waals surface area (Å²) in [7, 11) is 1.74. The van der Waals surface area contributed by atoms with Crippen molar-refractivity contribution < 1.29 is 13.7 Å². The highest BCUT2D eigenvalue weighted by Crippen LogP contribution is 2.34. The third-order valence-electron chi connectivity index (χ3n) is 4.18. The SMILES string of the molecule is Cc1onc(-c2c(F)cccc2Cl)c1C(=O)N(C)C1CCNC1. The molecule has 1 aliphatic heterocycles. The standard InChI is InChI=1S/C16H17ClFN3O2/c1-9-13(16(22)21(2)10-6-7-19-8-10)15(20-23-9)14-11(17)4-3-5-12(14)18/h3-5,10,19H,6-8H2,1-2H3. The summed E-state index contributed by atoms with van der Waals surface area (Å²) in [5, 5.41) is 7.29. The molecule has 2 heterocycles. The van der Waals surface area contributed by atoms with Gasteiger partial charge in [0.2, 0.25) is 0 Å². The number of aryl methyl sites for hydroxylation is 1. The molecule has 0 aliphatic carbocycles. The Bertz CT molecular complexity index is 721. The van der Waals surface area contributed by atoms with Crippen LogP contribution >= 0.6 is 11.6 Å². The third kappa shape index (κ3) is 2.84. The third-order valence-corrected chi connectivity index (χ3v) is 4.49. The quantitative estimate of drug-likeness (QED) is 0.935. The van der Waals surface area contributed by atoms with Gasteiger partial charge in [0, 0.05) is 19.6 Å². The number of rotatable bonds is 3. The molecule has 23 heavy (non-hydrogen) atoms. The van der Waals surface area contributed by atoms with Crippen LogP contribution < -0.4 is 5.32 Å². The lowest BCUT2D eigenvalue weighted by molar-refractivity contribution is 0.0742. The Morgan fingerprint density at radius 3 is 2.96 bits per heavy atom. The van der Waals surface area contributed by atoms with Crippen LogP contribution in [-0.2, 0) is 0 Å². The summed E-state index contributed by atoms with van der Waals surface area (Å²) in [4.78, 5) is 14.5. The van der Waals surface area contributed by atoms with E-state index in [1.54, 1.807) is 24.9 Å². The Balaban J connectivity index is 2.04. The first-order chi connectivity index (χ1) is 11.0. The summed E-state index contributed by atoms with van der Waals surface area (Å²) < 4.78 is 19.3. The smallest absolute Gasteiger partial charge is 0.259 e. The van der Waals surface area contributed by atoms with Crippen molar-refractivity contribution in [3.8, 4) is 11.3 Å². The van der Waals surface area contributed by atoms with Gasteiger partial charge in [0.15, 0.2) is 0 Å². The van der Waals surface area contributed by atoms with Crippen LogP contribution in [0, 0.1) is 12.7 Å². The fraction of sp³-hybridized carbons (Fsp3) is 0.375. The van der Waals surface area contributed by atoms with Gasteiger partial charge in [-0.1, -0.05) is 22.8 Å². The number of nitrogens with one attached hydrogen (secondary N) is 1. The number of benzene rings is 1. The molecule has 122 valence electrons. The summed E-state index contributed by atoms with van der Waals surface area (Å²) in [6.45, 7) is 3.25. The summed E-state index contributed by atoms with van der Waals surface area (Å²) in [6, 6.07) is 4.44. The predicted molar refractivity (Wildman–Crippen MR) is 85.0 cm³/mol. The van der Waals surface area contributed by atoms with Crippen LogP contribution in [0.4, 0.5) is 4.39 Å². The molecule has 0 bridgehead atoms. The van der Waals surface area contributed by atoms with Crippen molar-refractivity contribution in [3.05, 3.63) is 40.4 Å². The van der Waals surface area contributed by atoms with Crippen LogP contribution in [0.15, 0.2) is 22.7 Å². The van der Waals surface area contributed by atoms with Crippen molar-refractivity contribution in [2.24, 2.45) is 0 Å². The van der Waals surface area contributed by atoms with Crippen molar-refractivity contribution in [1.82, 2.24) is 15.4 Å². The van der Waals surface area contributed by atoms with Gasteiger partial charge < -0.3 is 14.7 Å². The predicted octanol–water partition coefficient (Wildman–Crippen LogP) is 2.88. The number of carbonyl (C=O) groups is 1. The minimum atomic E-state index is -0.537. The van der Waals surface area contributed by atoms with E-state index in [0.717, 1.165) is 19.5 Å². The summed E-state index contributed by atoms with van der Waals surface area (Å²) >= 11 is 6.10. The van der Waals surface area contributed by atoms with E-state index in [1.165, 1.54) is 12.1 Å². The summed E-state index contributed by atoms with van der Waals surface area (Å²) in [5.74, 6) is -0.432. The number of aromatic nitrogens is 1. The molecule has 1 aliphatic rings. The Morgan fingerprint density at radius 1 is 1.52 bits per heavy atom. The van der Waals surface area contributed by atoms with Gasteiger partial charge in [0.1, 0.15) is 22.8 Å². The van der Waals surface area contributed by atoms with E-state index in [9.17, 15) is 9.18 Å². The second-order valence-electron chi connectivity index (χ2n) is 5.62. The van der Waals surface area contributed by atoms with E-state index in [0.29, 0.717) is 5.76 Å². The molecule has 1 aromatic heterocycles. The van der Waals surface area contributed by atoms with Gasteiger partial charge in [-0.15, -0.1) is 0 Å². The van der Waals surface area contributed by atoms with E-state index >= 15 is 0 Å². The average Bonchev–Trinajstić information content (AvgIpc) is 3.16. The first kappa shape index (κ1) is 16.0. The first-order valence-corrected chi connectivity index (χ1v) is 7.77. The lowest BCUT2D eigenvalue weighted by Crippen LogP contribution is -2.38. The number of amides is 1. The molecule has 0 spiro atoms. The van der Waals surface area contributed by atoms with Crippen molar-refractivity contribution in [2.75, 3.05) is 20.1 Å². The average molecular weight is 338 g/mol. The van der Waals surface area contributed by atoms with Gasteiger partial charge in [-0.05, 0) is 32.0 Å². The molecule has 1 amide bonds. The van der Waals surface area contributed by atoms with Crippen LogP contribution in [0.3, 0.4) is 0 Å². The maximum atomic E-state index is 14.2. The fourth-order valence-corrected chi connectivity index (χ4v) is 3.08. The molecule has 3 rings (SSSR count). The highest BCUT2D eigenvalue weighted by molar-refractivity contribution is 6.33. The second-order valence-corrected chi connectivity index (χ2v) is 6.03. The van der Waals surface area contributed by atoms with Gasteiger partial charge in [0.25, 0.3) is 5.91 Å². The van der Waals surface area contributed by atoms with Gasteiger partial charge in [-0.3, -0.25) is 4.79 Å². The number of likely N-dealkylation sites (N-methyl/N-ethyl adjacent to an activating group) is 1. The topological polar surface area (TPSA) is 58.4 Å². The Labute approximate surface area is 138 Å². The lowest BCUT2D eigenvalue weighted by atomic mass is 10.0. The van der Waals surface area contributed by atoms with E-state index < -0.39 is 5.82 Å². The van der Waals surface area contributed by atoms with Crippen molar-refractivity contribution >= 4 is 17.5 Å². The number of carbonyl (C=O) groups excluding carboxylic acids is 1. The molecule has 1 fully saturated rings. The van der Waals surface area contributed by atoms with E-state index in [4.69, 9.17) is 16.1 Å². The minimum Gasteiger partial charge on any atom is -0.360 e. The Morgan fingerprint density at radius 2 is 2.30 bits per heavy atom. The molecule has 5 nitrogen and oxygen atoms in total. The zero-order chi connectivity index (χ0) is 16.6.